The summed E-state index contributed by atoms with van der Waals surface area (Å²) in [5.74, 6) is 0. The quantitative estimate of drug-likeness (QED) is 0.744. The zero-order chi connectivity index (χ0) is 16.4. The van der Waals surface area contributed by atoms with Gasteiger partial charge in [-0.25, -0.2) is 13.3 Å². The molecule has 0 aliphatic heterocycles. The van der Waals surface area contributed by atoms with Gasteiger partial charge in [-0.3, -0.25) is 9.71 Å². The lowest BCUT2D eigenvalue weighted by Crippen LogP contribution is -2.12. The fourth-order valence-electron chi connectivity index (χ4n) is 2.31. The van der Waals surface area contributed by atoms with Gasteiger partial charge in [-0.1, -0.05) is 30.3 Å². The molecular formula is C17H13N3O2S. The number of aromatic nitrogens is 1. The first-order valence-electron chi connectivity index (χ1n) is 6.85. The monoisotopic (exact) mass is 323 g/mol. The van der Waals surface area contributed by atoms with Crippen molar-refractivity contribution in [3.05, 3.63) is 71.8 Å². The Kier molecular flexibility index (Phi) is 3.72. The molecule has 3 aromatic rings. The molecule has 114 valence electrons. The number of anilines is 1. The van der Waals surface area contributed by atoms with Crippen molar-refractivity contribution in [2.75, 3.05) is 4.72 Å². The van der Waals surface area contributed by atoms with Crippen LogP contribution >= 0.6 is 0 Å². The molecule has 0 aliphatic rings. The Bertz CT molecular complexity index is 1020. The van der Waals surface area contributed by atoms with E-state index >= 15 is 0 Å². The SMILES string of the molecule is [C-]#[N+]c1ccc(S(=O)(=O)Nc2ccc3c(C)nccc3c2)cc1. The third-order valence-corrected chi connectivity index (χ3v) is 4.89. The molecule has 0 aliphatic carbocycles. The Labute approximate surface area is 134 Å². The third kappa shape index (κ3) is 3.00. The summed E-state index contributed by atoms with van der Waals surface area (Å²) >= 11 is 0. The number of aryl methyl sites for hydroxylation is 1. The second-order valence-electron chi connectivity index (χ2n) is 5.04. The first kappa shape index (κ1) is 15.0. The summed E-state index contributed by atoms with van der Waals surface area (Å²) < 4.78 is 27.4. The number of sulfonamides is 1. The van der Waals surface area contributed by atoms with Crippen molar-refractivity contribution in [2.24, 2.45) is 0 Å². The molecule has 1 heterocycles. The molecule has 1 aromatic heterocycles. The topological polar surface area (TPSA) is 63.4 Å². The standard InChI is InChI=1S/C17H13N3O2S/c1-12-17-8-5-15(11-13(17)9-10-19-12)20-23(21,22)16-6-3-14(18-2)4-7-16/h3-11,20H,1H3. The largest absolute Gasteiger partial charge is 0.280 e. The van der Waals surface area contributed by atoms with E-state index in [0.29, 0.717) is 11.4 Å². The Morgan fingerprint density at radius 2 is 1.83 bits per heavy atom. The van der Waals surface area contributed by atoms with Crippen LogP contribution in [0.15, 0.2) is 59.6 Å². The average Bonchev–Trinajstić information content (AvgIpc) is 2.54. The van der Waals surface area contributed by atoms with Crippen molar-refractivity contribution in [1.82, 2.24) is 4.98 Å². The summed E-state index contributed by atoms with van der Waals surface area (Å²) in [5, 5.41) is 1.90. The summed E-state index contributed by atoms with van der Waals surface area (Å²) in [4.78, 5) is 7.58. The minimum absolute atomic E-state index is 0.121. The fraction of sp³-hybridized carbons (Fsp3) is 0.0588. The minimum atomic E-state index is -3.69. The van der Waals surface area contributed by atoms with Gasteiger partial charge < -0.3 is 0 Å². The van der Waals surface area contributed by atoms with Gasteiger partial charge in [0, 0.05) is 23.0 Å². The van der Waals surface area contributed by atoms with E-state index < -0.39 is 10.0 Å². The molecule has 3 rings (SSSR count). The highest BCUT2D eigenvalue weighted by atomic mass is 32.2. The second-order valence-corrected chi connectivity index (χ2v) is 6.73. The van der Waals surface area contributed by atoms with Crippen molar-refractivity contribution in [3.63, 3.8) is 0 Å². The molecule has 0 bridgehead atoms. The lowest BCUT2D eigenvalue weighted by atomic mass is 10.1. The average molecular weight is 323 g/mol. The maximum Gasteiger partial charge on any atom is 0.261 e. The van der Waals surface area contributed by atoms with Gasteiger partial charge in [-0.05, 0) is 30.5 Å². The van der Waals surface area contributed by atoms with Crippen LogP contribution < -0.4 is 4.72 Å². The molecule has 0 spiro atoms. The van der Waals surface area contributed by atoms with Crippen LogP contribution in [0.25, 0.3) is 15.6 Å². The lowest BCUT2D eigenvalue weighted by Gasteiger charge is -2.09. The zero-order valence-corrected chi connectivity index (χ0v) is 13.1. The Hall–Kier alpha value is -2.91. The van der Waals surface area contributed by atoms with Crippen molar-refractivity contribution in [1.29, 1.82) is 0 Å². The van der Waals surface area contributed by atoms with E-state index in [9.17, 15) is 8.42 Å². The van der Waals surface area contributed by atoms with E-state index in [4.69, 9.17) is 6.57 Å². The van der Waals surface area contributed by atoms with Crippen LogP contribution in [0, 0.1) is 13.5 Å². The summed E-state index contributed by atoms with van der Waals surface area (Å²) in [6, 6.07) is 13.0. The van der Waals surface area contributed by atoms with Gasteiger partial charge in [0.1, 0.15) is 0 Å². The molecular weight excluding hydrogens is 310 g/mol. The predicted octanol–water partition coefficient (Wildman–Crippen LogP) is 3.89. The number of hydrogen-bond acceptors (Lipinski definition) is 3. The van der Waals surface area contributed by atoms with Gasteiger partial charge in [-0.2, -0.15) is 0 Å². The Balaban J connectivity index is 1.95. The second kappa shape index (κ2) is 5.71. The number of benzene rings is 2. The van der Waals surface area contributed by atoms with Crippen LogP contribution in [0.1, 0.15) is 5.69 Å². The molecule has 0 atom stereocenters. The molecule has 0 fully saturated rings. The smallest absolute Gasteiger partial charge is 0.261 e. The van der Waals surface area contributed by atoms with Crippen LogP contribution in [0.5, 0.6) is 0 Å². The van der Waals surface area contributed by atoms with E-state index in [2.05, 4.69) is 14.6 Å². The van der Waals surface area contributed by atoms with Gasteiger partial charge in [0.05, 0.1) is 11.5 Å². The lowest BCUT2D eigenvalue weighted by molar-refractivity contribution is 0.601. The highest BCUT2D eigenvalue weighted by molar-refractivity contribution is 7.92. The minimum Gasteiger partial charge on any atom is -0.280 e. The third-order valence-electron chi connectivity index (χ3n) is 3.49. The number of pyridine rings is 1. The normalized spacial score (nSPS) is 11.1. The van der Waals surface area contributed by atoms with Crippen LogP contribution in [0.3, 0.4) is 0 Å². The van der Waals surface area contributed by atoms with Crippen molar-refractivity contribution < 1.29 is 8.42 Å². The Morgan fingerprint density at radius 1 is 1.09 bits per heavy atom. The highest BCUT2D eigenvalue weighted by Crippen LogP contribution is 2.24. The molecule has 0 radical (unpaired) electrons. The molecule has 0 saturated carbocycles. The number of hydrogen-bond donors (Lipinski definition) is 1. The summed E-state index contributed by atoms with van der Waals surface area (Å²) in [6.07, 6.45) is 1.69. The number of nitrogens with zero attached hydrogens (tertiary/aromatic N) is 2. The van der Waals surface area contributed by atoms with E-state index in [0.717, 1.165) is 16.5 Å². The zero-order valence-electron chi connectivity index (χ0n) is 12.3. The molecule has 0 amide bonds. The summed E-state index contributed by atoms with van der Waals surface area (Å²) in [6.45, 7) is 8.81. The van der Waals surface area contributed by atoms with Gasteiger partial charge in [-0.15, -0.1) is 0 Å². The van der Waals surface area contributed by atoms with Crippen LogP contribution in [0.4, 0.5) is 11.4 Å². The van der Waals surface area contributed by atoms with Crippen molar-refractivity contribution in [3.8, 4) is 0 Å². The summed E-state index contributed by atoms with van der Waals surface area (Å²) in [5.41, 5.74) is 1.78. The Morgan fingerprint density at radius 3 is 2.52 bits per heavy atom. The van der Waals surface area contributed by atoms with E-state index in [-0.39, 0.29) is 4.90 Å². The highest BCUT2D eigenvalue weighted by Gasteiger charge is 2.14. The van der Waals surface area contributed by atoms with Crippen molar-refractivity contribution >= 4 is 32.2 Å². The maximum atomic E-state index is 12.4. The molecule has 1 N–H and O–H groups in total. The van der Waals surface area contributed by atoms with Crippen molar-refractivity contribution in [2.45, 2.75) is 11.8 Å². The van der Waals surface area contributed by atoms with Gasteiger partial charge >= 0.3 is 0 Å². The molecule has 2 aromatic carbocycles. The van der Waals surface area contributed by atoms with Crippen LogP contribution in [-0.2, 0) is 10.0 Å². The maximum absolute atomic E-state index is 12.4. The number of rotatable bonds is 3. The van der Waals surface area contributed by atoms with Gasteiger partial charge in [0.2, 0.25) is 0 Å². The summed E-state index contributed by atoms with van der Waals surface area (Å²) in [7, 11) is -3.69. The molecule has 5 nitrogen and oxygen atoms in total. The fourth-order valence-corrected chi connectivity index (χ4v) is 3.36. The molecule has 23 heavy (non-hydrogen) atoms. The first-order valence-corrected chi connectivity index (χ1v) is 8.34. The van der Waals surface area contributed by atoms with Crippen LogP contribution in [-0.4, -0.2) is 13.4 Å². The van der Waals surface area contributed by atoms with E-state index in [1.807, 2.05) is 19.1 Å². The molecule has 0 unspecified atom stereocenters. The molecule has 0 saturated heterocycles. The number of fused-ring (bicyclic) bond motifs is 1. The predicted molar refractivity (Wildman–Crippen MR) is 90.0 cm³/mol. The van der Waals surface area contributed by atoms with E-state index in [1.54, 1.807) is 18.3 Å². The van der Waals surface area contributed by atoms with Crippen LogP contribution in [0.2, 0.25) is 0 Å². The van der Waals surface area contributed by atoms with Gasteiger partial charge in [0.25, 0.3) is 10.0 Å². The van der Waals surface area contributed by atoms with Gasteiger partial charge in [0.15, 0.2) is 5.69 Å². The van der Waals surface area contributed by atoms with E-state index in [1.165, 1.54) is 24.3 Å². The number of nitrogens with one attached hydrogen (secondary N) is 1. The molecule has 6 heteroatoms. The first-order chi connectivity index (χ1) is 11.0.